The van der Waals surface area contributed by atoms with E-state index in [4.69, 9.17) is 4.74 Å². The van der Waals surface area contributed by atoms with Crippen molar-refractivity contribution in [1.82, 2.24) is 10.2 Å². The third-order valence-electron chi connectivity index (χ3n) is 2.77. The van der Waals surface area contributed by atoms with Gasteiger partial charge in [0.05, 0.1) is 7.11 Å². The van der Waals surface area contributed by atoms with E-state index in [-0.39, 0.29) is 6.09 Å². The Morgan fingerprint density at radius 1 is 1.60 bits per heavy atom. The number of carbonyl (C=O) groups excluding carboxylic acids is 1. The summed E-state index contributed by atoms with van der Waals surface area (Å²) in [6.45, 7) is 6.93. The molecule has 0 bridgehead atoms. The zero-order valence-corrected chi connectivity index (χ0v) is 9.95. The molecule has 1 unspecified atom stereocenters. The molecule has 0 aliphatic carbocycles. The predicted molar refractivity (Wildman–Crippen MR) is 59.8 cm³/mol. The van der Waals surface area contributed by atoms with Gasteiger partial charge in [0.15, 0.2) is 0 Å². The van der Waals surface area contributed by atoms with Gasteiger partial charge >= 0.3 is 6.09 Å². The highest BCUT2D eigenvalue weighted by atomic mass is 16.5. The van der Waals surface area contributed by atoms with Gasteiger partial charge in [0, 0.05) is 19.1 Å². The van der Waals surface area contributed by atoms with E-state index in [0.717, 1.165) is 26.1 Å². The van der Waals surface area contributed by atoms with Crippen LogP contribution in [0, 0.1) is 5.92 Å². The van der Waals surface area contributed by atoms with E-state index in [1.165, 1.54) is 13.5 Å². The average molecular weight is 214 g/mol. The molecule has 0 radical (unpaired) electrons. The Kier molecular flexibility index (Phi) is 4.88. The number of rotatable bonds is 3. The fourth-order valence-electron chi connectivity index (χ4n) is 1.93. The number of nitrogens with zero attached hydrogens (tertiary/aromatic N) is 1. The monoisotopic (exact) mass is 214 g/mol. The second-order valence-electron chi connectivity index (χ2n) is 4.49. The number of ether oxygens (including phenoxy) is 1. The summed E-state index contributed by atoms with van der Waals surface area (Å²) < 4.78 is 4.73. The number of methoxy groups -OCH3 is 1. The highest BCUT2D eigenvalue weighted by Crippen LogP contribution is 2.16. The largest absolute Gasteiger partial charge is 0.453 e. The lowest BCUT2D eigenvalue weighted by Crippen LogP contribution is -2.43. The molecule has 1 fully saturated rings. The Bertz CT molecular complexity index is 207. The number of hydrogen-bond acceptors (Lipinski definition) is 3. The Morgan fingerprint density at radius 2 is 2.33 bits per heavy atom. The molecular weight excluding hydrogens is 192 g/mol. The summed E-state index contributed by atoms with van der Waals surface area (Å²) in [6, 6.07) is 0.513. The number of amides is 1. The molecule has 1 atom stereocenters. The molecule has 0 saturated carbocycles. The van der Waals surface area contributed by atoms with E-state index in [1.54, 1.807) is 4.90 Å². The first-order chi connectivity index (χ1) is 7.13. The Morgan fingerprint density at radius 3 is 2.93 bits per heavy atom. The summed E-state index contributed by atoms with van der Waals surface area (Å²) in [5, 5.41) is 3.41. The van der Waals surface area contributed by atoms with Crippen LogP contribution in [-0.4, -0.2) is 43.8 Å². The van der Waals surface area contributed by atoms with Crippen LogP contribution in [0.15, 0.2) is 0 Å². The fraction of sp³-hybridized carbons (Fsp3) is 0.909. The van der Waals surface area contributed by atoms with Crippen LogP contribution in [-0.2, 0) is 4.74 Å². The van der Waals surface area contributed by atoms with Crippen LogP contribution in [0.3, 0.4) is 0 Å². The van der Waals surface area contributed by atoms with Gasteiger partial charge in [-0.15, -0.1) is 0 Å². The van der Waals surface area contributed by atoms with Crippen molar-refractivity contribution in [3.8, 4) is 0 Å². The van der Waals surface area contributed by atoms with Crippen molar-refractivity contribution in [2.45, 2.75) is 32.7 Å². The number of hydrogen-bond donors (Lipinski definition) is 1. The molecule has 1 amide bonds. The molecule has 15 heavy (non-hydrogen) atoms. The second kappa shape index (κ2) is 5.95. The maximum Gasteiger partial charge on any atom is 0.409 e. The Hall–Kier alpha value is -0.770. The number of likely N-dealkylation sites (tertiary alicyclic amines) is 1. The van der Waals surface area contributed by atoms with Crippen molar-refractivity contribution < 1.29 is 9.53 Å². The van der Waals surface area contributed by atoms with Gasteiger partial charge in [-0.2, -0.15) is 0 Å². The zero-order chi connectivity index (χ0) is 11.3. The van der Waals surface area contributed by atoms with Gasteiger partial charge in [-0.25, -0.2) is 4.79 Å². The normalized spacial score (nSPS) is 21.9. The molecule has 4 heteroatoms. The lowest BCUT2D eigenvalue weighted by molar-refractivity contribution is 0.101. The minimum atomic E-state index is -0.191. The van der Waals surface area contributed by atoms with Gasteiger partial charge < -0.3 is 15.0 Å². The smallest absolute Gasteiger partial charge is 0.409 e. The molecule has 0 aromatic carbocycles. The Labute approximate surface area is 92.0 Å². The van der Waals surface area contributed by atoms with Crippen molar-refractivity contribution in [2.75, 3.05) is 26.7 Å². The maximum atomic E-state index is 11.3. The van der Waals surface area contributed by atoms with Gasteiger partial charge in [0.2, 0.25) is 0 Å². The van der Waals surface area contributed by atoms with E-state index < -0.39 is 0 Å². The molecular formula is C11H22N2O2. The summed E-state index contributed by atoms with van der Waals surface area (Å²) in [4.78, 5) is 13.1. The van der Waals surface area contributed by atoms with Crippen LogP contribution in [0.2, 0.25) is 0 Å². The molecule has 1 rings (SSSR count). The van der Waals surface area contributed by atoms with E-state index in [2.05, 4.69) is 19.2 Å². The minimum absolute atomic E-state index is 0.191. The van der Waals surface area contributed by atoms with Gasteiger partial charge in [0.1, 0.15) is 0 Å². The predicted octanol–water partition coefficient (Wildman–Crippen LogP) is 1.46. The highest BCUT2D eigenvalue weighted by molar-refractivity contribution is 5.67. The third-order valence-corrected chi connectivity index (χ3v) is 2.77. The van der Waals surface area contributed by atoms with Crippen molar-refractivity contribution in [3.63, 3.8) is 0 Å². The number of nitrogens with one attached hydrogen (secondary N) is 1. The van der Waals surface area contributed by atoms with Gasteiger partial charge in [-0.05, 0) is 25.3 Å². The van der Waals surface area contributed by atoms with Crippen molar-refractivity contribution in [3.05, 3.63) is 0 Å². The molecule has 1 N–H and O–H groups in total. The zero-order valence-electron chi connectivity index (χ0n) is 9.95. The molecule has 1 heterocycles. The number of carbonyl (C=O) groups is 1. The first-order valence-electron chi connectivity index (χ1n) is 5.69. The van der Waals surface area contributed by atoms with Crippen molar-refractivity contribution in [2.24, 2.45) is 5.92 Å². The second-order valence-corrected chi connectivity index (χ2v) is 4.49. The maximum absolute atomic E-state index is 11.3. The summed E-state index contributed by atoms with van der Waals surface area (Å²) in [5.41, 5.74) is 0. The first-order valence-corrected chi connectivity index (χ1v) is 5.69. The molecule has 1 aliphatic rings. The van der Waals surface area contributed by atoms with Gasteiger partial charge in [0.25, 0.3) is 0 Å². The third kappa shape index (κ3) is 4.08. The highest BCUT2D eigenvalue weighted by Gasteiger charge is 2.23. The van der Waals surface area contributed by atoms with Crippen LogP contribution in [0.1, 0.15) is 26.7 Å². The molecule has 0 aromatic rings. The van der Waals surface area contributed by atoms with E-state index in [9.17, 15) is 4.79 Å². The molecule has 0 aromatic heterocycles. The molecule has 0 spiro atoms. The Balaban J connectivity index is 2.32. The van der Waals surface area contributed by atoms with Crippen LogP contribution >= 0.6 is 0 Å². The van der Waals surface area contributed by atoms with Gasteiger partial charge in [-0.1, -0.05) is 13.8 Å². The van der Waals surface area contributed by atoms with E-state index in [0.29, 0.717) is 12.0 Å². The summed E-state index contributed by atoms with van der Waals surface area (Å²) in [5.74, 6) is 0.570. The lowest BCUT2D eigenvalue weighted by atomic mass is 9.98. The lowest BCUT2D eigenvalue weighted by Gasteiger charge is -2.32. The van der Waals surface area contributed by atoms with Crippen LogP contribution in [0.4, 0.5) is 4.79 Å². The standard InChI is InChI=1S/C11H22N2O2/c1-9(2)12-7-10-5-4-6-13(8-10)11(14)15-3/h9-10,12H,4-8H2,1-3H3. The molecule has 1 aliphatic heterocycles. The van der Waals surface area contributed by atoms with E-state index >= 15 is 0 Å². The van der Waals surface area contributed by atoms with Crippen LogP contribution in [0.5, 0.6) is 0 Å². The fourth-order valence-corrected chi connectivity index (χ4v) is 1.93. The minimum Gasteiger partial charge on any atom is -0.453 e. The summed E-state index contributed by atoms with van der Waals surface area (Å²) in [6.07, 6.45) is 2.09. The van der Waals surface area contributed by atoms with Crippen LogP contribution in [0.25, 0.3) is 0 Å². The first kappa shape index (κ1) is 12.3. The molecule has 4 nitrogen and oxygen atoms in total. The topological polar surface area (TPSA) is 41.6 Å². The molecule has 1 saturated heterocycles. The van der Waals surface area contributed by atoms with Gasteiger partial charge in [-0.3, -0.25) is 0 Å². The molecule has 88 valence electrons. The van der Waals surface area contributed by atoms with Crippen molar-refractivity contribution >= 4 is 6.09 Å². The average Bonchev–Trinajstić information content (AvgIpc) is 2.25. The van der Waals surface area contributed by atoms with Crippen molar-refractivity contribution in [1.29, 1.82) is 0 Å². The quantitative estimate of drug-likeness (QED) is 0.773. The van der Waals surface area contributed by atoms with E-state index in [1.807, 2.05) is 0 Å². The number of piperidine rings is 1. The summed E-state index contributed by atoms with van der Waals surface area (Å²) in [7, 11) is 1.44. The summed E-state index contributed by atoms with van der Waals surface area (Å²) >= 11 is 0. The SMILES string of the molecule is COC(=O)N1CCCC(CNC(C)C)C1. The van der Waals surface area contributed by atoms with Crippen LogP contribution < -0.4 is 5.32 Å².